The topological polar surface area (TPSA) is 43.1 Å². The van der Waals surface area contributed by atoms with E-state index >= 15 is 0 Å². The van der Waals surface area contributed by atoms with Crippen LogP contribution in [0.4, 0.5) is 0 Å². The first kappa shape index (κ1) is 7.06. The van der Waals surface area contributed by atoms with E-state index in [1.807, 2.05) is 12.2 Å². The van der Waals surface area contributed by atoms with Gasteiger partial charge in [0.05, 0.1) is 0 Å². The van der Waals surface area contributed by atoms with Gasteiger partial charge in [0.15, 0.2) is 0 Å². The zero-order valence-corrected chi connectivity index (χ0v) is 6.00. The summed E-state index contributed by atoms with van der Waals surface area (Å²) in [7, 11) is 0. The lowest BCUT2D eigenvalue weighted by Gasteiger charge is -2.08. The molecule has 0 radical (unpaired) electrons. The van der Waals surface area contributed by atoms with Crippen molar-refractivity contribution in [1.82, 2.24) is 0 Å². The Morgan fingerprint density at radius 1 is 1.80 bits per heavy atom. The minimum atomic E-state index is -0.330. The van der Waals surface area contributed by atoms with Gasteiger partial charge in [-0.3, -0.25) is 4.79 Å². The number of amides is 1. The molecule has 2 nitrogen and oxygen atoms in total. The summed E-state index contributed by atoms with van der Waals surface area (Å²) in [4.78, 5) is 10.6. The minimum absolute atomic E-state index is 0.330. The molecule has 2 N–H and O–H groups in total. The Morgan fingerprint density at radius 2 is 2.50 bits per heavy atom. The number of rotatable bonds is 1. The Hall–Kier alpha value is -1.05. The Morgan fingerprint density at radius 3 is 2.90 bits per heavy atom. The maximum absolute atomic E-state index is 10.6. The van der Waals surface area contributed by atoms with Gasteiger partial charge in [-0.05, 0) is 12.3 Å². The van der Waals surface area contributed by atoms with Gasteiger partial charge in [0.2, 0.25) is 5.91 Å². The standard InChI is InChI=1S/C8H11NO/c1-6-2-4-7(5-3-6)8(9)10/h2,4-6H,3H2,1H3,(H2,9,10). The number of hydrogen-bond acceptors (Lipinski definition) is 1. The van der Waals surface area contributed by atoms with Crippen molar-refractivity contribution in [2.75, 3.05) is 0 Å². The van der Waals surface area contributed by atoms with Crippen LogP contribution in [0.1, 0.15) is 13.3 Å². The fraction of sp³-hybridized carbons (Fsp3) is 0.375. The molecule has 54 valence electrons. The minimum Gasteiger partial charge on any atom is -0.366 e. The summed E-state index contributed by atoms with van der Waals surface area (Å²) >= 11 is 0. The lowest BCUT2D eigenvalue weighted by Crippen LogP contribution is -2.14. The average molecular weight is 137 g/mol. The molecule has 1 aliphatic carbocycles. The van der Waals surface area contributed by atoms with Crippen LogP contribution < -0.4 is 5.73 Å². The molecule has 0 aromatic carbocycles. The van der Waals surface area contributed by atoms with E-state index in [9.17, 15) is 4.79 Å². The first-order chi connectivity index (χ1) is 4.70. The molecule has 0 aliphatic heterocycles. The molecule has 1 rings (SSSR count). The predicted octanol–water partition coefficient (Wildman–Crippen LogP) is 0.994. The molecule has 1 aliphatic rings. The van der Waals surface area contributed by atoms with E-state index < -0.39 is 0 Å². The van der Waals surface area contributed by atoms with Crippen molar-refractivity contribution >= 4 is 5.91 Å². The van der Waals surface area contributed by atoms with Crippen LogP contribution in [0.25, 0.3) is 0 Å². The van der Waals surface area contributed by atoms with Gasteiger partial charge >= 0.3 is 0 Å². The Bertz CT molecular complexity index is 203. The van der Waals surface area contributed by atoms with Crippen LogP contribution >= 0.6 is 0 Å². The molecule has 0 aromatic heterocycles. The summed E-state index contributed by atoms with van der Waals surface area (Å²) in [5, 5.41) is 0. The van der Waals surface area contributed by atoms with Crippen molar-refractivity contribution in [3.63, 3.8) is 0 Å². The van der Waals surface area contributed by atoms with Gasteiger partial charge < -0.3 is 5.73 Å². The highest BCUT2D eigenvalue weighted by molar-refractivity contribution is 5.94. The van der Waals surface area contributed by atoms with E-state index in [1.54, 1.807) is 6.08 Å². The van der Waals surface area contributed by atoms with Crippen LogP contribution in [0.3, 0.4) is 0 Å². The van der Waals surface area contributed by atoms with E-state index in [1.165, 1.54) is 0 Å². The molecule has 0 bridgehead atoms. The molecule has 1 atom stereocenters. The second-order valence-electron chi connectivity index (χ2n) is 2.60. The molecular weight excluding hydrogens is 126 g/mol. The number of carbonyl (C=O) groups is 1. The first-order valence-corrected chi connectivity index (χ1v) is 3.38. The Labute approximate surface area is 60.4 Å². The molecule has 0 fully saturated rings. The summed E-state index contributed by atoms with van der Waals surface area (Å²) in [6.07, 6.45) is 6.60. The summed E-state index contributed by atoms with van der Waals surface area (Å²) in [5.41, 5.74) is 5.69. The normalized spacial score (nSPS) is 24.1. The van der Waals surface area contributed by atoms with Crippen molar-refractivity contribution < 1.29 is 4.79 Å². The SMILES string of the molecule is CC1C=CC(C(N)=O)=CC1. The molecule has 0 saturated carbocycles. The molecule has 10 heavy (non-hydrogen) atoms. The maximum Gasteiger partial charge on any atom is 0.248 e. The van der Waals surface area contributed by atoms with E-state index in [0.29, 0.717) is 11.5 Å². The van der Waals surface area contributed by atoms with Crippen molar-refractivity contribution in [3.05, 3.63) is 23.8 Å². The fourth-order valence-corrected chi connectivity index (χ4v) is 0.910. The van der Waals surface area contributed by atoms with E-state index in [-0.39, 0.29) is 5.91 Å². The molecule has 2 heteroatoms. The van der Waals surface area contributed by atoms with Crippen molar-refractivity contribution in [1.29, 1.82) is 0 Å². The number of primary amides is 1. The van der Waals surface area contributed by atoms with Crippen LogP contribution in [0, 0.1) is 5.92 Å². The summed E-state index contributed by atoms with van der Waals surface area (Å²) < 4.78 is 0. The van der Waals surface area contributed by atoms with Crippen LogP contribution in [-0.2, 0) is 4.79 Å². The van der Waals surface area contributed by atoms with E-state index in [2.05, 4.69) is 6.92 Å². The zero-order chi connectivity index (χ0) is 7.56. The smallest absolute Gasteiger partial charge is 0.248 e. The van der Waals surface area contributed by atoms with Gasteiger partial charge in [0, 0.05) is 5.57 Å². The zero-order valence-electron chi connectivity index (χ0n) is 6.00. The summed E-state index contributed by atoms with van der Waals surface area (Å²) in [6.45, 7) is 2.10. The monoisotopic (exact) mass is 137 g/mol. The van der Waals surface area contributed by atoms with Gasteiger partial charge in [0.1, 0.15) is 0 Å². The third kappa shape index (κ3) is 1.47. The van der Waals surface area contributed by atoms with Gasteiger partial charge in [0.25, 0.3) is 0 Å². The first-order valence-electron chi connectivity index (χ1n) is 3.38. The van der Waals surface area contributed by atoms with Gasteiger partial charge in [-0.2, -0.15) is 0 Å². The van der Waals surface area contributed by atoms with E-state index in [0.717, 1.165) is 6.42 Å². The largest absolute Gasteiger partial charge is 0.366 e. The average Bonchev–Trinajstić information content (AvgIpc) is 1.88. The molecule has 0 heterocycles. The van der Waals surface area contributed by atoms with Crippen LogP contribution in [0.2, 0.25) is 0 Å². The Kier molecular flexibility index (Phi) is 1.90. The maximum atomic E-state index is 10.6. The van der Waals surface area contributed by atoms with Crippen molar-refractivity contribution in [3.8, 4) is 0 Å². The molecule has 1 unspecified atom stereocenters. The van der Waals surface area contributed by atoms with Crippen molar-refractivity contribution in [2.45, 2.75) is 13.3 Å². The molecule has 0 aromatic rings. The van der Waals surface area contributed by atoms with Crippen LogP contribution in [-0.4, -0.2) is 5.91 Å². The highest BCUT2D eigenvalue weighted by atomic mass is 16.1. The second-order valence-corrected chi connectivity index (χ2v) is 2.60. The molecule has 0 spiro atoms. The molecule has 1 amide bonds. The number of nitrogens with two attached hydrogens (primary N) is 1. The number of hydrogen-bond donors (Lipinski definition) is 1. The molecular formula is C8H11NO. The second kappa shape index (κ2) is 2.69. The van der Waals surface area contributed by atoms with E-state index in [4.69, 9.17) is 5.73 Å². The quantitative estimate of drug-likeness (QED) is 0.575. The lowest BCUT2D eigenvalue weighted by atomic mass is 9.98. The molecule has 0 saturated heterocycles. The number of carbonyl (C=O) groups excluding carboxylic acids is 1. The summed E-state index contributed by atoms with van der Waals surface area (Å²) in [5.74, 6) is 0.214. The predicted molar refractivity (Wildman–Crippen MR) is 40.2 cm³/mol. The highest BCUT2D eigenvalue weighted by Gasteiger charge is 2.06. The number of allylic oxidation sites excluding steroid dienone is 2. The van der Waals surface area contributed by atoms with Crippen LogP contribution in [0.5, 0.6) is 0 Å². The summed E-state index contributed by atoms with van der Waals surface area (Å²) in [6, 6.07) is 0. The third-order valence-corrected chi connectivity index (χ3v) is 1.60. The fourth-order valence-electron chi connectivity index (χ4n) is 0.910. The van der Waals surface area contributed by atoms with Gasteiger partial charge in [-0.1, -0.05) is 25.2 Å². The van der Waals surface area contributed by atoms with Gasteiger partial charge in [-0.15, -0.1) is 0 Å². The van der Waals surface area contributed by atoms with Gasteiger partial charge in [-0.25, -0.2) is 0 Å². The third-order valence-electron chi connectivity index (χ3n) is 1.60. The van der Waals surface area contributed by atoms with Crippen molar-refractivity contribution in [2.24, 2.45) is 11.7 Å². The lowest BCUT2D eigenvalue weighted by molar-refractivity contribution is -0.114. The van der Waals surface area contributed by atoms with Crippen LogP contribution in [0.15, 0.2) is 23.8 Å². The Balaban J connectivity index is 2.67. The highest BCUT2D eigenvalue weighted by Crippen LogP contribution is 2.14.